The lowest BCUT2D eigenvalue weighted by molar-refractivity contribution is 0.230. The second-order valence-electron chi connectivity index (χ2n) is 4.13. The Kier molecular flexibility index (Phi) is 3.32. The fraction of sp³-hybridized carbons (Fsp3) is 0.750. The topological polar surface area (TPSA) is 20.2 Å². The highest BCUT2D eigenvalue weighted by molar-refractivity contribution is 6.76. The second-order valence-corrected chi connectivity index (χ2v) is 9.66. The van der Waals surface area contributed by atoms with Gasteiger partial charge in [0.15, 0.2) is 0 Å². The van der Waals surface area contributed by atoms with Crippen LogP contribution in [0.25, 0.3) is 0 Å². The minimum absolute atomic E-state index is 0.272. The van der Waals surface area contributed by atoms with Gasteiger partial charge in [0.1, 0.15) is 0 Å². The van der Waals surface area contributed by atoms with E-state index in [1.165, 1.54) is 0 Å². The van der Waals surface area contributed by atoms with E-state index in [1.54, 1.807) is 0 Å². The van der Waals surface area contributed by atoms with Crippen LogP contribution < -0.4 is 0 Å². The number of hydrogen-bond donors (Lipinski definition) is 1. The van der Waals surface area contributed by atoms with Gasteiger partial charge in [0.25, 0.3) is 0 Å². The number of aliphatic hydroxyl groups excluding tert-OH is 1. The largest absolute Gasteiger partial charge is 0.389 e. The molecule has 0 rings (SSSR count). The molecule has 0 spiro atoms. The van der Waals surface area contributed by atoms with E-state index in [0.29, 0.717) is 0 Å². The van der Waals surface area contributed by atoms with Crippen molar-refractivity contribution < 1.29 is 5.11 Å². The Balaban J connectivity index is 3.80. The van der Waals surface area contributed by atoms with Gasteiger partial charge in [-0.15, -0.1) is 0 Å². The molecule has 1 nitrogen and oxygen atoms in total. The van der Waals surface area contributed by atoms with Gasteiger partial charge in [-0.25, -0.2) is 0 Å². The predicted molar refractivity (Wildman–Crippen MR) is 49.0 cm³/mol. The molecule has 0 aliphatic rings. The molecule has 0 aromatic carbocycles. The Morgan fingerprint density at radius 1 is 1.50 bits per heavy atom. The van der Waals surface area contributed by atoms with E-state index in [0.717, 1.165) is 11.6 Å². The van der Waals surface area contributed by atoms with Crippen LogP contribution in [0.1, 0.15) is 6.92 Å². The number of aliphatic hydroxyl groups is 1. The minimum atomic E-state index is -1.09. The third-order valence-corrected chi connectivity index (χ3v) is 2.99. The Hall–Kier alpha value is -0.0831. The van der Waals surface area contributed by atoms with Crippen molar-refractivity contribution in [1.29, 1.82) is 0 Å². The molecule has 0 saturated heterocycles. The first kappa shape index (κ1) is 9.92. The van der Waals surface area contributed by atoms with Crippen LogP contribution in [0.4, 0.5) is 0 Å². The van der Waals surface area contributed by atoms with Crippen LogP contribution >= 0.6 is 0 Å². The van der Waals surface area contributed by atoms with Gasteiger partial charge >= 0.3 is 0 Å². The third kappa shape index (κ3) is 4.76. The van der Waals surface area contributed by atoms with Crippen molar-refractivity contribution in [2.75, 3.05) is 0 Å². The van der Waals surface area contributed by atoms with E-state index in [-0.39, 0.29) is 6.10 Å². The molecule has 0 aliphatic heterocycles. The first-order valence-corrected chi connectivity index (χ1v) is 7.37. The van der Waals surface area contributed by atoms with E-state index in [4.69, 9.17) is 0 Å². The van der Waals surface area contributed by atoms with Crippen molar-refractivity contribution in [3.63, 3.8) is 0 Å². The normalized spacial score (nSPS) is 14.9. The molecule has 0 heterocycles. The second kappa shape index (κ2) is 3.35. The van der Waals surface area contributed by atoms with Crippen molar-refractivity contribution in [3.05, 3.63) is 12.2 Å². The van der Waals surface area contributed by atoms with Gasteiger partial charge in [-0.05, 0) is 13.0 Å². The zero-order chi connectivity index (χ0) is 8.36. The monoisotopic (exact) mass is 158 g/mol. The number of hydrogen-bond acceptors (Lipinski definition) is 1. The summed E-state index contributed by atoms with van der Waals surface area (Å²) in [6.45, 7) is 12.3. The highest BCUT2D eigenvalue weighted by Crippen LogP contribution is 2.15. The molecule has 1 unspecified atom stereocenters. The van der Waals surface area contributed by atoms with Gasteiger partial charge in [-0.2, -0.15) is 0 Å². The van der Waals surface area contributed by atoms with E-state index < -0.39 is 8.07 Å². The van der Waals surface area contributed by atoms with Gasteiger partial charge in [0.05, 0.1) is 6.10 Å². The fourth-order valence-corrected chi connectivity index (χ4v) is 2.26. The summed E-state index contributed by atoms with van der Waals surface area (Å²) in [4.78, 5) is 0. The molecule has 1 atom stereocenters. The summed E-state index contributed by atoms with van der Waals surface area (Å²) >= 11 is 0. The molecule has 0 radical (unpaired) electrons. The lowest BCUT2D eigenvalue weighted by atomic mass is 10.2. The lowest BCUT2D eigenvalue weighted by Crippen LogP contribution is -2.26. The summed E-state index contributed by atoms with van der Waals surface area (Å²) in [5.41, 5.74) is 0.891. The highest BCUT2D eigenvalue weighted by atomic mass is 28.3. The Morgan fingerprint density at radius 2 is 1.90 bits per heavy atom. The molecule has 0 aromatic rings. The maximum Gasteiger partial charge on any atom is 0.0721 e. The van der Waals surface area contributed by atoms with E-state index >= 15 is 0 Å². The Bertz CT molecular complexity index is 124. The molecular formula is C8H18OSi. The Morgan fingerprint density at radius 3 is 2.00 bits per heavy atom. The summed E-state index contributed by atoms with van der Waals surface area (Å²) in [5.74, 6) is 0. The first-order valence-electron chi connectivity index (χ1n) is 3.66. The van der Waals surface area contributed by atoms with Crippen molar-refractivity contribution in [1.82, 2.24) is 0 Å². The summed E-state index contributed by atoms with van der Waals surface area (Å²) in [6.07, 6.45) is -0.272. The zero-order valence-electron chi connectivity index (χ0n) is 7.44. The molecule has 2 heteroatoms. The van der Waals surface area contributed by atoms with Crippen LogP contribution in [-0.2, 0) is 0 Å². The first-order chi connectivity index (χ1) is 4.33. The zero-order valence-corrected chi connectivity index (χ0v) is 8.44. The molecular weight excluding hydrogens is 140 g/mol. The van der Waals surface area contributed by atoms with E-state index in [1.807, 2.05) is 6.92 Å². The fourth-order valence-electron chi connectivity index (χ4n) is 0.754. The standard InChI is InChI=1S/C8H18OSi/c1-7(2)8(9)6-10(3,4)5/h8-9H,1,6H2,2-5H3. The quantitative estimate of drug-likeness (QED) is 0.493. The van der Waals surface area contributed by atoms with Crippen LogP contribution in [-0.4, -0.2) is 19.3 Å². The maximum absolute atomic E-state index is 9.40. The van der Waals surface area contributed by atoms with Crippen molar-refractivity contribution in [3.8, 4) is 0 Å². The van der Waals surface area contributed by atoms with Crippen LogP contribution in [0, 0.1) is 0 Å². The molecule has 0 aliphatic carbocycles. The maximum atomic E-state index is 9.40. The average Bonchev–Trinajstić information content (AvgIpc) is 1.60. The molecule has 1 N–H and O–H groups in total. The molecule has 0 saturated carbocycles. The minimum Gasteiger partial charge on any atom is -0.389 e. The van der Waals surface area contributed by atoms with Crippen molar-refractivity contribution in [2.24, 2.45) is 0 Å². The number of rotatable bonds is 3. The van der Waals surface area contributed by atoms with E-state index in [2.05, 4.69) is 26.2 Å². The van der Waals surface area contributed by atoms with Crippen LogP contribution in [0.3, 0.4) is 0 Å². The lowest BCUT2D eigenvalue weighted by Gasteiger charge is -2.20. The smallest absolute Gasteiger partial charge is 0.0721 e. The Labute approximate surface area is 64.8 Å². The van der Waals surface area contributed by atoms with Gasteiger partial charge in [0, 0.05) is 8.07 Å². The summed E-state index contributed by atoms with van der Waals surface area (Å²) < 4.78 is 0. The average molecular weight is 158 g/mol. The third-order valence-electron chi connectivity index (χ3n) is 1.37. The molecule has 60 valence electrons. The van der Waals surface area contributed by atoms with Crippen molar-refractivity contribution >= 4 is 8.07 Å². The van der Waals surface area contributed by atoms with Gasteiger partial charge in [-0.1, -0.05) is 31.8 Å². The van der Waals surface area contributed by atoms with E-state index in [9.17, 15) is 5.11 Å². The molecule has 0 bridgehead atoms. The molecule has 0 aromatic heterocycles. The van der Waals surface area contributed by atoms with Crippen LogP contribution in [0.2, 0.25) is 25.7 Å². The van der Waals surface area contributed by atoms with Crippen LogP contribution in [0.15, 0.2) is 12.2 Å². The predicted octanol–water partition coefficient (Wildman–Crippen LogP) is 2.26. The molecule has 0 fully saturated rings. The SMILES string of the molecule is C=C(C)C(O)C[Si](C)(C)C. The van der Waals surface area contributed by atoms with Crippen LogP contribution in [0.5, 0.6) is 0 Å². The van der Waals surface area contributed by atoms with Crippen molar-refractivity contribution in [2.45, 2.75) is 38.7 Å². The van der Waals surface area contributed by atoms with Gasteiger partial charge < -0.3 is 5.11 Å². The van der Waals surface area contributed by atoms with Gasteiger partial charge in [0.2, 0.25) is 0 Å². The molecule has 10 heavy (non-hydrogen) atoms. The molecule has 0 amide bonds. The summed E-state index contributed by atoms with van der Waals surface area (Å²) in [5, 5.41) is 9.40. The highest BCUT2D eigenvalue weighted by Gasteiger charge is 2.18. The summed E-state index contributed by atoms with van der Waals surface area (Å²) in [6, 6.07) is 0.933. The van der Waals surface area contributed by atoms with Gasteiger partial charge in [-0.3, -0.25) is 0 Å². The summed E-state index contributed by atoms with van der Waals surface area (Å²) in [7, 11) is -1.09.